The number of carbonyl (C=O) groups excluding carboxylic acids is 3. The van der Waals surface area contributed by atoms with Gasteiger partial charge >= 0.3 is 17.9 Å². The first kappa shape index (κ1) is 68.1. The number of allylic oxidation sites excluding steroid dienone is 10. The largest absolute Gasteiger partial charge is 0.462 e. The van der Waals surface area contributed by atoms with Gasteiger partial charge in [-0.05, 0) is 64.2 Å². The molecule has 1 unspecified atom stereocenters. The average molecular weight is 994 g/mol. The van der Waals surface area contributed by atoms with Crippen LogP contribution in [0, 0.1) is 0 Å². The Hall–Kier alpha value is -2.89. The fraction of sp³-hybridized carbons (Fsp3) is 0.800. The molecule has 0 radical (unpaired) electrons. The summed E-state index contributed by atoms with van der Waals surface area (Å²) in [6, 6.07) is 0. The zero-order chi connectivity index (χ0) is 51.4. The first-order valence-corrected chi connectivity index (χ1v) is 30.8. The average Bonchev–Trinajstić information content (AvgIpc) is 3.37. The van der Waals surface area contributed by atoms with E-state index in [1.165, 1.54) is 167 Å². The molecule has 0 fully saturated rings. The van der Waals surface area contributed by atoms with Crippen molar-refractivity contribution in [3.8, 4) is 0 Å². The van der Waals surface area contributed by atoms with Crippen LogP contribution in [0.5, 0.6) is 0 Å². The Morgan fingerprint density at radius 3 is 0.859 bits per heavy atom. The van der Waals surface area contributed by atoms with Crippen LogP contribution in [0.1, 0.15) is 316 Å². The lowest BCUT2D eigenvalue weighted by molar-refractivity contribution is -0.167. The van der Waals surface area contributed by atoms with E-state index in [1.807, 2.05) is 0 Å². The molecule has 0 aromatic heterocycles. The van der Waals surface area contributed by atoms with Crippen LogP contribution in [0.4, 0.5) is 0 Å². The smallest absolute Gasteiger partial charge is 0.306 e. The van der Waals surface area contributed by atoms with Crippen LogP contribution < -0.4 is 0 Å². The lowest BCUT2D eigenvalue weighted by Gasteiger charge is -2.18. The molecule has 0 heterocycles. The van der Waals surface area contributed by atoms with Gasteiger partial charge in [-0.3, -0.25) is 14.4 Å². The Kier molecular flexibility index (Phi) is 57.2. The van der Waals surface area contributed by atoms with E-state index in [2.05, 4.69) is 81.5 Å². The van der Waals surface area contributed by atoms with E-state index in [4.69, 9.17) is 14.2 Å². The fourth-order valence-corrected chi connectivity index (χ4v) is 8.94. The van der Waals surface area contributed by atoms with Crippen molar-refractivity contribution in [1.82, 2.24) is 0 Å². The fourth-order valence-electron chi connectivity index (χ4n) is 8.94. The summed E-state index contributed by atoms with van der Waals surface area (Å²) in [5.74, 6) is -0.895. The van der Waals surface area contributed by atoms with E-state index in [0.29, 0.717) is 19.3 Å². The number of hydrogen-bond donors (Lipinski definition) is 0. The van der Waals surface area contributed by atoms with Gasteiger partial charge in [-0.15, -0.1) is 0 Å². The van der Waals surface area contributed by atoms with Crippen molar-refractivity contribution in [1.29, 1.82) is 0 Å². The van der Waals surface area contributed by atoms with Crippen LogP contribution in [0.3, 0.4) is 0 Å². The van der Waals surface area contributed by atoms with E-state index in [1.54, 1.807) is 0 Å². The normalized spacial score (nSPS) is 12.4. The Morgan fingerprint density at radius 2 is 0.549 bits per heavy atom. The molecule has 0 rings (SSSR count). The van der Waals surface area contributed by atoms with Gasteiger partial charge in [-0.2, -0.15) is 0 Å². The van der Waals surface area contributed by atoms with Gasteiger partial charge in [0.25, 0.3) is 0 Å². The molecule has 0 aliphatic carbocycles. The summed E-state index contributed by atoms with van der Waals surface area (Å²) in [6.07, 6.45) is 75.5. The summed E-state index contributed by atoms with van der Waals surface area (Å²) in [4.78, 5) is 37.9. The summed E-state index contributed by atoms with van der Waals surface area (Å²) in [5.41, 5.74) is 0. The lowest BCUT2D eigenvalue weighted by atomic mass is 10.0. The minimum atomic E-state index is -0.780. The molecule has 0 aliphatic rings. The van der Waals surface area contributed by atoms with Crippen molar-refractivity contribution in [2.24, 2.45) is 0 Å². The molecule has 6 nitrogen and oxygen atoms in total. The highest BCUT2D eigenvalue weighted by Gasteiger charge is 2.19. The van der Waals surface area contributed by atoms with Gasteiger partial charge in [0.05, 0.1) is 0 Å². The van der Waals surface area contributed by atoms with Crippen LogP contribution in [-0.2, 0) is 28.6 Å². The first-order valence-electron chi connectivity index (χ1n) is 30.8. The van der Waals surface area contributed by atoms with Gasteiger partial charge in [-0.25, -0.2) is 0 Å². The Morgan fingerprint density at radius 1 is 0.296 bits per heavy atom. The van der Waals surface area contributed by atoms with Gasteiger partial charge in [0.2, 0.25) is 0 Å². The predicted molar refractivity (Wildman–Crippen MR) is 307 cm³/mol. The number of hydrogen-bond acceptors (Lipinski definition) is 6. The summed E-state index contributed by atoms with van der Waals surface area (Å²) in [6.45, 7) is 6.49. The molecule has 412 valence electrons. The second kappa shape index (κ2) is 59.7. The Labute approximate surface area is 440 Å². The summed E-state index contributed by atoms with van der Waals surface area (Å²) in [7, 11) is 0. The van der Waals surface area contributed by atoms with Crippen molar-refractivity contribution < 1.29 is 28.6 Å². The first-order chi connectivity index (χ1) is 35.0. The highest BCUT2D eigenvalue weighted by atomic mass is 16.6. The van der Waals surface area contributed by atoms with Crippen molar-refractivity contribution in [2.75, 3.05) is 13.2 Å². The van der Waals surface area contributed by atoms with E-state index in [-0.39, 0.29) is 31.1 Å². The molecule has 0 bridgehead atoms. The Bertz CT molecular complexity index is 1280. The van der Waals surface area contributed by atoms with Crippen LogP contribution in [-0.4, -0.2) is 37.2 Å². The number of unbranched alkanes of at least 4 members (excludes halogenated alkanes) is 35. The van der Waals surface area contributed by atoms with Crippen molar-refractivity contribution in [2.45, 2.75) is 322 Å². The Balaban J connectivity index is 4.09. The standard InChI is InChI=1S/C65H116O6/c1-4-7-10-13-16-18-20-22-24-26-28-30-31-32-33-34-36-37-39-41-43-45-47-49-52-55-58-64(67)70-61-62(60-69-63(66)57-54-51-15-12-9-6-3)71-65(68)59-56-53-50-48-46-44-42-40-38-35-29-27-25-23-21-19-17-14-11-8-5-2/h8,11,17,19,23,25,29,35,40,42,62H,4-7,9-10,12-16,18,20-22,24,26-28,30-34,36-39,41,43-61H2,1-3H3/b11-8-,19-17-,25-23-,35-29-,42-40-. The third kappa shape index (κ3) is 57.9. The van der Waals surface area contributed by atoms with E-state index < -0.39 is 6.10 Å². The molecular formula is C65H116O6. The quantitative estimate of drug-likeness (QED) is 0.0261. The molecule has 6 heteroatoms. The van der Waals surface area contributed by atoms with Crippen LogP contribution in [0.25, 0.3) is 0 Å². The highest BCUT2D eigenvalue weighted by Crippen LogP contribution is 2.17. The molecule has 0 amide bonds. The zero-order valence-electron chi connectivity index (χ0n) is 47.2. The van der Waals surface area contributed by atoms with Gasteiger partial charge in [-0.1, -0.05) is 293 Å². The molecule has 0 aromatic carbocycles. The van der Waals surface area contributed by atoms with Crippen LogP contribution in [0.2, 0.25) is 0 Å². The molecule has 0 aromatic rings. The third-order valence-corrected chi connectivity index (χ3v) is 13.5. The van der Waals surface area contributed by atoms with E-state index in [9.17, 15) is 14.4 Å². The minimum absolute atomic E-state index is 0.0792. The highest BCUT2D eigenvalue weighted by molar-refractivity contribution is 5.71. The predicted octanol–water partition coefficient (Wildman–Crippen LogP) is 20.8. The second-order valence-electron chi connectivity index (χ2n) is 20.6. The maximum absolute atomic E-state index is 12.8. The summed E-state index contributed by atoms with van der Waals surface area (Å²) >= 11 is 0. The summed E-state index contributed by atoms with van der Waals surface area (Å²) < 4.78 is 16.8. The van der Waals surface area contributed by atoms with Gasteiger partial charge < -0.3 is 14.2 Å². The number of esters is 3. The lowest BCUT2D eigenvalue weighted by Crippen LogP contribution is -2.30. The SMILES string of the molecule is CC/C=C\C/C=C\C/C=C\C/C=C\C/C=C\CCCCCCCC(=O)OC(COC(=O)CCCCCCCC)COC(=O)CCCCCCCCCCCCCCCCCCCCCCCCCCCC. The third-order valence-electron chi connectivity index (χ3n) is 13.5. The topological polar surface area (TPSA) is 78.9 Å². The number of rotatable bonds is 56. The summed E-state index contributed by atoms with van der Waals surface area (Å²) in [5, 5.41) is 0. The number of ether oxygens (including phenoxy) is 3. The van der Waals surface area contributed by atoms with Gasteiger partial charge in [0.15, 0.2) is 6.10 Å². The van der Waals surface area contributed by atoms with Gasteiger partial charge in [0.1, 0.15) is 13.2 Å². The monoisotopic (exact) mass is 993 g/mol. The van der Waals surface area contributed by atoms with E-state index >= 15 is 0 Å². The zero-order valence-corrected chi connectivity index (χ0v) is 47.2. The molecular weight excluding hydrogens is 877 g/mol. The molecule has 0 N–H and O–H groups in total. The minimum Gasteiger partial charge on any atom is -0.462 e. The van der Waals surface area contributed by atoms with Crippen LogP contribution in [0.15, 0.2) is 60.8 Å². The second-order valence-corrected chi connectivity index (χ2v) is 20.6. The molecule has 1 atom stereocenters. The maximum atomic E-state index is 12.8. The van der Waals surface area contributed by atoms with Crippen molar-refractivity contribution >= 4 is 17.9 Å². The number of carbonyl (C=O) groups is 3. The maximum Gasteiger partial charge on any atom is 0.306 e. The van der Waals surface area contributed by atoms with Crippen molar-refractivity contribution in [3.63, 3.8) is 0 Å². The molecule has 0 spiro atoms. The van der Waals surface area contributed by atoms with Crippen LogP contribution >= 0.6 is 0 Å². The molecule has 71 heavy (non-hydrogen) atoms. The molecule has 0 saturated carbocycles. The van der Waals surface area contributed by atoms with Gasteiger partial charge in [0, 0.05) is 19.3 Å². The molecule has 0 aliphatic heterocycles. The van der Waals surface area contributed by atoms with E-state index in [0.717, 1.165) is 109 Å². The van der Waals surface area contributed by atoms with Crippen molar-refractivity contribution in [3.05, 3.63) is 60.8 Å². The molecule has 0 saturated heterocycles.